The number of nitrogens with zero attached hydrogens (tertiary/aromatic N) is 5. The normalized spacial score (nSPS) is 11.4. The first-order valence-corrected chi connectivity index (χ1v) is 9.47. The second-order valence-electron chi connectivity index (χ2n) is 6.78. The highest BCUT2D eigenvalue weighted by atomic mass is 127. The Kier molecular flexibility index (Phi) is 9.10. The number of halogens is 1. The van der Waals surface area contributed by atoms with Crippen molar-refractivity contribution in [1.82, 2.24) is 30.6 Å². The molecule has 0 atom stereocenters. The fourth-order valence-corrected chi connectivity index (χ4v) is 2.74. The zero-order valence-electron chi connectivity index (χ0n) is 17.0. The van der Waals surface area contributed by atoms with Crippen molar-refractivity contribution in [1.29, 1.82) is 0 Å². The topological polar surface area (TPSA) is 93.2 Å². The molecule has 9 heteroatoms. The fraction of sp³-hybridized carbons (Fsp3) is 0.400. The molecule has 2 heterocycles. The monoisotopic (exact) mass is 509 g/mol. The van der Waals surface area contributed by atoms with Gasteiger partial charge in [-0.05, 0) is 17.2 Å². The lowest BCUT2D eigenvalue weighted by atomic mass is 10.1. The highest BCUT2D eigenvalue weighted by Crippen LogP contribution is 2.11. The molecule has 0 saturated carbocycles. The zero-order valence-corrected chi connectivity index (χ0v) is 19.3. The van der Waals surface area contributed by atoms with Crippen LogP contribution in [0.1, 0.15) is 42.6 Å². The van der Waals surface area contributed by atoms with Crippen LogP contribution < -0.4 is 10.6 Å². The van der Waals surface area contributed by atoms with Crippen molar-refractivity contribution >= 4 is 29.9 Å². The van der Waals surface area contributed by atoms with E-state index in [2.05, 4.69) is 43.0 Å². The highest BCUT2D eigenvalue weighted by molar-refractivity contribution is 14.0. The molecular weight excluding hydrogens is 481 g/mol. The molecule has 0 aliphatic heterocycles. The predicted octanol–water partition coefficient (Wildman–Crippen LogP) is 2.96. The second kappa shape index (κ2) is 11.5. The van der Waals surface area contributed by atoms with Gasteiger partial charge in [-0.15, -0.1) is 24.0 Å². The van der Waals surface area contributed by atoms with E-state index in [0.29, 0.717) is 25.4 Å². The average molecular weight is 509 g/mol. The van der Waals surface area contributed by atoms with Crippen LogP contribution in [0.4, 0.5) is 0 Å². The molecule has 3 aromatic rings. The van der Waals surface area contributed by atoms with E-state index >= 15 is 0 Å². The number of hydrogen-bond acceptors (Lipinski definition) is 5. The first-order chi connectivity index (χ1) is 13.7. The Morgan fingerprint density at radius 2 is 1.97 bits per heavy atom. The van der Waals surface area contributed by atoms with Gasteiger partial charge in [0.2, 0.25) is 5.89 Å². The third-order valence-corrected chi connectivity index (χ3v) is 4.31. The molecule has 0 amide bonds. The molecule has 0 radical (unpaired) electrons. The molecule has 0 aliphatic carbocycles. The maximum atomic E-state index is 5.27. The van der Waals surface area contributed by atoms with E-state index in [1.165, 1.54) is 11.1 Å². The zero-order chi connectivity index (χ0) is 19.8. The van der Waals surface area contributed by atoms with Crippen molar-refractivity contribution in [2.75, 3.05) is 13.6 Å². The van der Waals surface area contributed by atoms with E-state index in [9.17, 15) is 0 Å². The van der Waals surface area contributed by atoms with Crippen LogP contribution in [0.3, 0.4) is 0 Å². The summed E-state index contributed by atoms with van der Waals surface area (Å²) in [6.07, 6.45) is 4.41. The van der Waals surface area contributed by atoms with Crippen LogP contribution in [0.5, 0.6) is 0 Å². The van der Waals surface area contributed by atoms with Gasteiger partial charge in [0.25, 0.3) is 0 Å². The number of guanidine groups is 1. The molecular formula is C20H28IN7O. The first kappa shape index (κ1) is 22.9. The van der Waals surface area contributed by atoms with Crippen molar-refractivity contribution in [3.05, 3.63) is 65.6 Å². The lowest BCUT2D eigenvalue weighted by Gasteiger charge is -2.14. The van der Waals surface area contributed by atoms with Gasteiger partial charge in [0, 0.05) is 44.9 Å². The summed E-state index contributed by atoms with van der Waals surface area (Å²) >= 11 is 0. The van der Waals surface area contributed by atoms with E-state index in [4.69, 9.17) is 4.52 Å². The SMILES string of the molecule is CN=C(NCCc1nc(C(C)C)no1)NCc1ccccc1Cn1cccn1.I. The van der Waals surface area contributed by atoms with Crippen LogP contribution in [-0.2, 0) is 19.5 Å². The van der Waals surface area contributed by atoms with Gasteiger partial charge in [-0.2, -0.15) is 10.1 Å². The van der Waals surface area contributed by atoms with Gasteiger partial charge >= 0.3 is 0 Å². The highest BCUT2D eigenvalue weighted by Gasteiger charge is 2.10. The standard InChI is InChI=1S/C20H27N7O.HI/c1-15(2)19-25-18(28-26-19)9-11-22-20(21-3)23-13-16-7-4-5-8-17(16)14-27-12-6-10-24-27;/h4-8,10,12,15H,9,11,13-14H2,1-3H3,(H2,21,22,23);1H. The molecule has 2 N–H and O–H groups in total. The number of nitrogens with one attached hydrogen (secondary N) is 2. The van der Waals surface area contributed by atoms with Crippen LogP contribution in [0.25, 0.3) is 0 Å². The van der Waals surface area contributed by atoms with Gasteiger partial charge in [-0.1, -0.05) is 43.3 Å². The van der Waals surface area contributed by atoms with E-state index in [-0.39, 0.29) is 29.9 Å². The summed E-state index contributed by atoms with van der Waals surface area (Å²) < 4.78 is 7.19. The Balaban J connectivity index is 0.00000300. The molecule has 0 saturated heterocycles. The van der Waals surface area contributed by atoms with E-state index in [1.807, 2.05) is 42.9 Å². The molecule has 8 nitrogen and oxygen atoms in total. The maximum Gasteiger partial charge on any atom is 0.228 e. The minimum atomic E-state index is 0. The molecule has 0 spiro atoms. The quantitative estimate of drug-likeness (QED) is 0.276. The van der Waals surface area contributed by atoms with Crippen LogP contribution >= 0.6 is 24.0 Å². The molecule has 2 aromatic heterocycles. The van der Waals surface area contributed by atoms with Crippen molar-refractivity contribution in [3.8, 4) is 0 Å². The van der Waals surface area contributed by atoms with Gasteiger partial charge in [-0.3, -0.25) is 9.67 Å². The Bertz CT molecular complexity index is 890. The summed E-state index contributed by atoms with van der Waals surface area (Å²) in [5.74, 6) is 2.38. The van der Waals surface area contributed by atoms with Crippen molar-refractivity contribution in [2.45, 2.75) is 39.3 Å². The van der Waals surface area contributed by atoms with Gasteiger partial charge in [-0.25, -0.2) is 0 Å². The van der Waals surface area contributed by atoms with Crippen molar-refractivity contribution in [2.24, 2.45) is 4.99 Å². The van der Waals surface area contributed by atoms with Gasteiger partial charge in [0.15, 0.2) is 11.8 Å². The number of hydrogen-bond donors (Lipinski definition) is 2. The average Bonchev–Trinajstić information content (AvgIpc) is 3.37. The lowest BCUT2D eigenvalue weighted by Crippen LogP contribution is -2.38. The van der Waals surface area contributed by atoms with Gasteiger partial charge in [0.05, 0.1) is 6.54 Å². The van der Waals surface area contributed by atoms with Crippen LogP contribution in [-0.4, -0.2) is 39.5 Å². The maximum absolute atomic E-state index is 5.27. The summed E-state index contributed by atoms with van der Waals surface area (Å²) in [5.41, 5.74) is 2.43. The number of benzene rings is 1. The molecule has 0 aliphatic rings. The Morgan fingerprint density at radius 3 is 2.62 bits per heavy atom. The lowest BCUT2D eigenvalue weighted by molar-refractivity contribution is 0.371. The Hall–Kier alpha value is -2.43. The van der Waals surface area contributed by atoms with Crippen LogP contribution in [0.15, 0.2) is 52.2 Å². The molecule has 156 valence electrons. The summed E-state index contributed by atoms with van der Waals surface area (Å²) in [4.78, 5) is 8.67. The van der Waals surface area contributed by atoms with Crippen molar-refractivity contribution in [3.63, 3.8) is 0 Å². The minimum absolute atomic E-state index is 0. The van der Waals surface area contributed by atoms with E-state index in [0.717, 1.165) is 18.3 Å². The fourth-order valence-electron chi connectivity index (χ4n) is 2.74. The van der Waals surface area contributed by atoms with E-state index < -0.39 is 0 Å². The van der Waals surface area contributed by atoms with Crippen LogP contribution in [0, 0.1) is 0 Å². The van der Waals surface area contributed by atoms with Gasteiger partial charge < -0.3 is 15.2 Å². The third-order valence-electron chi connectivity index (χ3n) is 4.31. The molecule has 0 unspecified atom stereocenters. The largest absolute Gasteiger partial charge is 0.356 e. The molecule has 29 heavy (non-hydrogen) atoms. The first-order valence-electron chi connectivity index (χ1n) is 9.47. The summed E-state index contributed by atoms with van der Waals surface area (Å²) in [5, 5.41) is 14.9. The smallest absolute Gasteiger partial charge is 0.228 e. The molecule has 0 fully saturated rings. The second-order valence-corrected chi connectivity index (χ2v) is 6.78. The van der Waals surface area contributed by atoms with E-state index in [1.54, 1.807) is 13.2 Å². The number of aromatic nitrogens is 4. The summed E-state index contributed by atoms with van der Waals surface area (Å²) in [7, 11) is 1.76. The third kappa shape index (κ3) is 6.84. The van der Waals surface area contributed by atoms with Crippen LogP contribution in [0.2, 0.25) is 0 Å². The molecule has 3 rings (SSSR count). The van der Waals surface area contributed by atoms with Gasteiger partial charge in [0.1, 0.15) is 0 Å². The molecule has 0 bridgehead atoms. The van der Waals surface area contributed by atoms with Crippen molar-refractivity contribution < 1.29 is 4.52 Å². The number of aliphatic imine (C=N–C) groups is 1. The minimum Gasteiger partial charge on any atom is -0.356 e. The Morgan fingerprint density at radius 1 is 1.17 bits per heavy atom. The molecule has 1 aromatic carbocycles. The predicted molar refractivity (Wildman–Crippen MR) is 123 cm³/mol. The summed E-state index contributed by atoms with van der Waals surface area (Å²) in [6.45, 7) is 6.17. The summed E-state index contributed by atoms with van der Waals surface area (Å²) in [6, 6.07) is 10.3. The number of rotatable bonds is 8. The Labute approximate surface area is 188 Å².